The highest BCUT2D eigenvalue weighted by atomic mass is 19.1. The Bertz CT molecular complexity index is 931. The molecule has 0 atom stereocenters. The second-order valence-electron chi connectivity index (χ2n) is 6.32. The summed E-state index contributed by atoms with van der Waals surface area (Å²) < 4.78 is 15.9. The van der Waals surface area contributed by atoms with Crippen LogP contribution < -0.4 is 5.32 Å². The Labute approximate surface area is 149 Å². The third kappa shape index (κ3) is 3.22. The van der Waals surface area contributed by atoms with Crippen LogP contribution in [0.3, 0.4) is 0 Å². The smallest absolute Gasteiger partial charge is 0.269 e. The Morgan fingerprint density at radius 3 is 3.00 bits per heavy atom. The fourth-order valence-electron chi connectivity index (χ4n) is 3.18. The Morgan fingerprint density at radius 1 is 1.23 bits per heavy atom. The van der Waals surface area contributed by atoms with Crippen LogP contribution in [0.15, 0.2) is 30.3 Å². The van der Waals surface area contributed by atoms with E-state index in [2.05, 4.69) is 30.3 Å². The summed E-state index contributed by atoms with van der Waals surface area (Å²) in [6, 6.07) is 7.86. The van der Waals surface area contributed by atoms with Gasteiger partial charge in [-0.1, -0.05) is 18.6 Å². The molecule has 3 aromatic rings. The fraction of sp³-hybridized carbons (Fsp3) is 0.333. The lowest BCUT2D eigenvalue weighted by Gasteiger charge is -2.07. The van der Waals surface area contributed by atoms with Gasteiger partial charge in [0.05, 0.1) is 12.2 Å². The Kier molecular flexibility index (Phi) is 4.47. The molecule has 134 valence electrons. The zero-order valence-corrected chi connectivity index (χ0v) is 14.2. The number of nitrogens with zero attached hydrogens (tertiary/aromatic N) is 4. The Hall–Kier alpha value is -3.03. The van der Waals surface area contributed by atoms with Gasteiger partial charge in [-0.25, -0.2) is 4.39 Å². The van der Waals surface area contributed by atoms with Crippen molar-refractivity contribution in [2.24, 2.45) is 0 Å². The molecular weight excluding hydrogens is 335 g/mol. The molecule has 0 fully saturated rings. The minimum absolute atomic E-state index is 0.277. The first-order valence-electron chi connectivity index (χ1n) is 8.72. The van der Waals surface area contributed by atoms with E-state index in [0.29, 0.717) is 17.8 Å². The molecule has 0 radical (unpaired) electrons. The second-order valence-corrected chi connectivity index (χ2v) is 6.32. The van der Waals surface area contributed by atoms with Crippen molar-refractivity contribution in [1.82, 2.24) is 30.3 Å². The first-order chi connectivity index (χ1) is 12.7. The molecule has 0 aliphatic carbocycles. The average Bonchev–Trinajstić information content (AvgIpc) is 3.22. The number of aromatic amines is 1. The van der Waals surface area contributed by atoms with Gasteiger partial charge in [0, 0.05) is 18.5 Å². The zero-order chi connectivity index (χ0) is 17.9. The maximum atomic E-state index is 13.8. The van der Waals surface area contributed by atoms with E-state index in [1.54, 1.807) is 18.2 Å². The molecule has 3 heterocycles. The number of hydrogen-bond donors (Lipinski definition) is 2. The van der Waals surface area contributed by atoms with Crippen LogP contribution in [0.25, 0.3) is 11.3 Å². The standard InChI is InChI=1S/C18H19FN6O/c19-13-7-4-3-6-12(13)14-10-15(22-21-14)18(26)20-11-17-24-23-16-8-2-1-5-9-25(16)17/h3-4,6-7,10H,1-2,5,8-9,11H2,(H,20,26)(H,21,22). The monoisotopic (exact) mass is 354 g/mol. The largest absolute Gasteiger partial charge is 0.343 e. The van der Waals surface area contributed by atoms with Crippen molar-refractivity contribution in [3.63, 3.8) is 0 Å². The van der Waals surface area contributed by atoms with Gasteiger partial charge < -0.3 is 9.88 Å². The highest BCUT2D eigenvalue weighted by Gasteiger charge is 2.17. The van der Waals surface area contributed by atoms with E-state index in [0.717, 1.165) is 37.5 Å². The number of fused-ring (bicyclic) bond motifs is 1. The summed E-state index contributed by atoms with van der Waals surface area (Å²) in [6.07, 6.45) is 4.33. The second kappa shape index (κ2) is 7.07. The van der Waals surface area contributed by atoms with Gasteiger partial charge in [0.15, 0.2) is 5.82 Å². The van der Waals surface area contributed by atoms with Gasteiger partial charge in [0.1, 0.15) is 17.3 Å². The van der Waals surface area contributed by atoms with E-state index in [1.165, 1.54) is 18.6 Å². The number of amides is 1. The molecule has 2 N–H and O–H groups in total. The van der Waals surface area contributed by atoms with Gasteiger partial charge in [-0.2, -0.15) is 5.10 Å². The molecule has 1 aliphatic rings. The van der Waals surface area contributed by atoms with E-state index in [-0.39, 0.29) is 17.4 Å². The zero-order valence-electron chi connectivity index (χ0n) is 14.2. The van der Waals surface area contributed by atoms with Crippen molar-refractivity contribution >= 4 is 5.91 Å². The number of carbonyl (C=O) groups excluding carboxylic acids is 1. The molecule has 4 rings (SSSR count). The van der Waals surface area contributed by atoms with Crippen LogP contribution in [0.2, 0.25) is 0 Å². The van der Waals surface area contributed by atoms with Gasteiger partial charge >= 0.3 is 0 Å². The first-order valence-corrected chi connectivity index (χ1v) is 8.72. The van der Waals surface area contributed by atoms with Crippen LogP contribution in [0.1, 0.15) is 41.4 Å². The maximum Gasteiger partial charge on any atom is 0.269 e. The Balaban J connectivity index is 1.45. The third-order valence-corrected chi connectivity index (χ3v) is 4.57. The minimum Gasteiger partial charge on any atom is -0.343 e. The van der Waals surface area contributed by atoms with Gasteiger partial charge in [0.25, 0.3) is 5.91 Å². The summed E-state index contributed by atoms with van der Waals surface area (Å²) in [6.45, 7) is 1.18. The molecule has 0 unspecified atom stereocenters. The predicted molar refractivity (Wildman–Crippen MR) is 92.7 cm³/mol. The summed E-state index contributed by atoms with van der Waals surface area (Å²) in [5, 5.41) is 17.9. The minimum atomic E-state index is -0.378. The normalized spacial score (nSPS) is 13.9. The highest BCUT2D eigenvalue weighted by Crippen LogP contribution is 2.21. The molecule has 0 saturated carbocycles. The van der Waals surface area contributed by atoms with E-state index in [9.17, 15) is 9.18 Å². The van der Waals surface area contributed by atoms with Crippen molar-refractivity contribution in [1.29, 1.82) is 0 Å². The number of hydrogen-bond acceptors (Lipinski definition) is 4. The SMILES string of the molecule is O=C(NCc1nnc2n1CCCCC2)c1cc(-c2ccccc2F)n[nH]1. The van der Waals surface area contributed by atoms with Gasteiger partial charge in [-0.3, -0.25) is 9.89 Å². The number of halogens is 1. The number of benzene rings is 1. The third-order valence-electron chi connectivity index (χ3n) is 4.57. The number of aromatic nitrogens is 5. The van der Waals surface area contributed by atoms with E-state index < -0.39 is 0 Å². The van der Waals surface area contributed by atoms with E-state index in [4.69, 9.17) is 0 Å². The first kappa shape index (κ1) is 16.4. The topological polar surface area (TPSA) is 88.5 Å². The summed E-state index contributed by atoms with van der Waals surface area (Å²) in [4.78, 5) is 12.4. The van der Waals surface area contributed by atoms with Crippen molar-refractivity contribution in [2.75, 3.05) is 0 Å². The number of carbonyl (C=O) groups is 1. The summed E-state index contributed by atoms with van der Waals surface area (Å²) >= 11 is 0. The molecule has 0 saturated heterocycles. The lowest BCUT2D eigenvalue weighted by molar-refractivity contribution is 0.0944. The van der Waals surface area contributed by atoms with Gasteiger partial charge in [-0.15, -0.1) is 10.2 Å². The van der Waals surface area contributed by atoms with Crippen LogP contribution in [0.5, 0.6) is 0 Å². The molecule has 7 nitrogen and oxygen atoms in total. The molecule has 0 spiro atoms. The molecular formula is C18H19FN6O. The van der Waals surface area contributed by atoms with Crippen molar-refractivity contribution in [2.45, 2.75) is 38.8 Å². The summed E-state index contributed by atoms with van der Waals surface area (Å²) in [7, 11) is 0. The molecule has 0 bridgehead atoms. The van der Waals surface area contributed by atoms with Crippen molar-refractivity contribution < 1.29 is 9.18 Å². The average molecular weight is 354 g/mol. The van der Waals surface area contributed by atoms with E-state index >= 15 is 0 Å². The van der Waals surface area contributed by atoms with Crippen molar-refractivity contribution in [3.8, 4) is 11.3 Å². The lowest BCUT2D eigenvalue weighted by atomic mass is 10.1. The number of aryl methyl sites for hydroxylation is 1. The van der Waals surface area contributed by atoms with Crippen molar-refractivity contribution in [3.05, 3.63) is 53.5 Å². The number of H-pyrrole nitrogens is 1. The fourth-order valence-corrected chi connectivity index (χ4v) is 3.18. The van der Waals surface area contributed by atoms with Crippen LogP contribution in [0.4, 0.5) is 4.39 Å². The summed E-state index contributed by atoms with van der Waals surface area (Å²) in [5.74, 6) is 1.04. The maximum absolute atomic E-state index is 13.8. The van der Waals surface area contributed by atoms with E-state index in [1.807, 2.05) is 0 Å². The van der Waals surface area contributed by atoms with Crippen LogP contribution in [-0.4, -0.2) is 30.9 Å². The Morgan fingerprint density at radius 2 is 2.12 bits per heavy atom. The van der Waals surface area contributed by atoms with Crippen LogP contribution in [0, 0.1) is 5.82 Å². The molecule has 1 aliphatic heterocycles. The van der Waals surface area contributed by atoms with Crippen LogP contribution >= 0.6 is 0 Å². The number of nitrogens with one attached hydrogen (secondary N) is 2. The quantitative estimate of drug-likeness (QED) is 0.753. The predicted octanol–water partition coefficient (Wildman–Crippen LogP) is 2.46. The summed E-state index contributed by atoms with van der Waals surface area (Å²) in [5.41, 5.74) is 1.02. The van der Waals surface area contributed by atoms with Crippen LogP contribution in [-0.2, 0) is 19.5 Å². The van der Waals surface area contributed by atoms with Gasteiger partial charge in [-0.05, 0) is 31.0 Å². The number of rotatable bonds is 4. The highest BCUT2D eigenvalue weighted by molar-refractivity contribution is 5.93. The molecule has 26 heavy (non-hydrogen) atoms. The molecule has 1 amide bonds. The molecule has 8 heteroatoms. The van der Waals surface area contributed by atoms with Gasteiger partial charge in [0.2, 0.25) is 0 Å². The molecule has 1 aromatic carbocycles. The molecule has 2 aromatic heterocycles. The lowest BCUT2D eigenvalue weighted by Crippen LogP contribution is -2.25.